The number of fused-ring (bicyclic) bond motifs is 3. The Hall–Kier alpha value is -1.91. The molecule has 0 atom stereocenters. The molecule has 5 rings (SSSR count). The molecule has 1 saturated heterocycles. The van der Waals surface area contributed by atoms with Gasteiger partial charge in [0.1, 0.15) is 0 Å². The van der Waals surface area contributed by atoms with Crippen molar-refractivity contribution in [1.82, 2.24) is 14.7 Å². The third kappa shape index (κ3) is 3.68. The third-order valence-electron chi connectivity index (χ3n) is 6.77. The molecule has 8 nitrogen and oxygen atoms in total. The van der Waals surface area contributed by atoms with Crippen LogP contribution in [0.25, 0.3) is 11.3 Å². The van der Waals surface area contributed by atoms with Crippen LogP contribution >= 0.6 is 10.6 Å². The zero-order valence-corrected chi connectivity index (χ0v) is 18.3. The fourth-order valence-electron chi connectivity index (χ4n) is 5.04. The monoisotopic (exact) mass is 447 g/mol. The number of amides is 1. The molecule has 168 valence electrons. The minimum absolute atomic E-state index is 0.0107. The van der Waals surface area contributed by atoms with E-state index in [1.165, 1.54) is 0 Å². The quantitative estimate of drug-likeness (QED) is 0.666. The molecule has 9 heteroatoms. The second kappa shape index (κ2) is 8.22. The van der Waals surface area contributed by atoms with Gasteiger partial charge in [0.15, 0.2) is 5.69 Å². The zero-order valence-electron chi connectivity index (χ0n) is 17.4. The van der Waals surface area contributed by atoms with E-state index >= 15 is 0 Å². The summed E-state index contributed by atoms with van der Waals surface area (Å²) in [6.45, 7) is 2.22. The highest BCUT2D eigenvalue weighted by Crippen LogP contribution is 2.60. The van der Waals surface area contributed by atoms with Gasteiger partial charge in [-0.05, 0) is 37.7 Å². The van der Waals surface area contributed by atoms with Crippen molar-refractivity contribution in [2.24, 2.45) is 5.92 Å². The van der Waals surface area contributed by atoms with Crippen molar-refractivity contribution in [3.63, 3.8) is 0 Å². The van der Waals surface area contributed by atoms with E-state index in [0.29, 0.717) is 48.4 Å². The van der Waals surface area contributed by atoms with Gasteiger partial charge in [-0.2, -0.15) is 15.7 Å². The standard InChI is InChI=1S/C22H29N3O5S/c26-13-15-5-7-16(8-6-15)25-21-17-3-1-2-4-19(17)31(28,29)14-18(21)20(23-25)22(27)24-9-11-30-12-10-24/h1-4,15-16,26,28-29H,5-14H2. The molecule has 0 spiro atoms. The normalized spacial score (nSPS) is 26.1. The summed E-state index contributed by atoms with van der Waals surface area (Å²) < 4.78 is 29.2. The fourth-order valence-corrected chi connectivity index (χ4v) is 6.69. The van der Waals surface area contributed by atoms with Crippen LogP contribution in [0, 0.1) is 5.92 Å². The molecule has 1 aromatic heterocycles. The highest BCUT2D eigenvalue weighted by Gasteiger charge is 2.38. The minimum Gasteiger partial charge on any atom is -0.396 e. The SMILES string of the molecule is O=C(c1nn(C2CCC(CO)CC2)c2c1CS(O)(O)c1ccccc1-2)N1CCOCC1. The van der Waals surface area contributed by atoms with Crippen LogP contribution in [0.4, 0.5) is 0 Å². The Kier molecular flexibility index (Phi) is 5.56. The van der Waals surface area contributed by atoms with Gasteiger partial charge in [0.2, 0.25) is 0 Å². The molecular weight excluding hydrogens is 418 g/mol. The summed E-state index contributed by atoms with van der Waals surface area (Å²) in [7, 11) is -3.05. The number of aliphatic hydroxyl groups is 1. The number of aliphatic hydroxyl groups excluding tert-OH is 1. The maximum Gasteiger partial charge on any atom is 0.274 e. The van der Waals surface area contributed by atoms with Gasteiger partial charge >= 0.3 is 0 Å². The van der Waals surface area contributed by atoms with Crippen LogP contribution in [0.15, 0.2) is 29.2 Å². The summed E-state index contributed by atoms with van der Waals surface area (Å²) in [5.74, 6) is 0.157. The van der Waals surface area contributed by atoms with Crippen molar-refractivity contribution < 1.29 is 23.7 Å². The lowest BCUT2D eigenvalue weighted by molar-refractivity contribution is 0.0297. The van der Waals surface area contributed by atoms with E-state index in [2.05, 4.69) is 0 Å². The van der Waals surface area contributed by atoms with Crippen molar-refractivity contribution in [2.45, 2.75) is 42.4 Å². The highest BCUT2D eigenvalue weighted by molar-refractivity contribution is 8.23. The molecule has 0 bridgehead atoms. The summed E-state index contributed by atoms with van der Waals surface area (Å²) in [4.78, 5) is 15.7. The van der Waals surface area contributed by atoms with Crippen LogP contribution in [0.2, 0.25) is 0 Å². The predicted molar refractivity (Wildman–Crippen MR) is 117 cm³/mol. The molecule has 2 aliphatic heterocycles. The summed E-state index contributed by atoms with van der Waals surface area (Å²) >= 11 is 0. The molecule has 3 N–H and O–H groups in total. The fraction of sp³-hybridized carbons (Fsp3) is 0.545. The van der Waals surface area contributed by atoms with Crippen molar-refractivity contribution in [2.75, 3.05) is 32.9 Å². The lowest BCUT2D eigenvalue weighted by Crippen LogP contribution is -2.41. The number of ether oxygens (including phenoxy) is 1. The molecule has 3 heterocycles. The van der Waals surface area contributed by atoms with Gasteiger partial charge in [0.05, 0.1) is 35.6 Å². The van der Waals surface area contributed by atoms with Gasteiger partial charge in [0.25, 0.3) is 5.91 Å². The number of rotatable bonds is 3. The summed E-state index contributed by atoms with van der Waals surface area (Å²) in [5.41, 5.74) is 2.56. The van der Waals surface area contributed by atoms with E-state index in [-0.39, 0.29) is 24.3 Å². The number of benzene rings is 1. The second-order valence-electron chi connectivity index (χ2n) is 8.69. The molecule has 1 amide bonds. The minimum atomic E-state index is -3.05. The Labute approximate surface area is 183 Å². The number of aromatic nitrogens is 2. The lowest BCUT2D eigenvalue weighted by atomic mass is 9.86. The maximum atomic E-state index is 13.4. The van der Waals surface area contributed by atoms with Crippen LogP contribution in [0.1, 0.15) is 47.8 Å². The first-order chi connectivity index (χ1) is 15.0. The van der Waals surface area contributed by atoms with E-state index < -0.39 is 10.6 Å². The average Bonchev–Trinajstić information content (AvgIpc) is 3.18. The van der Waals surface area contributed by atoms with Crippen molar-refractivity contribution in [3.8, 4) is 11.3 Å². The Morgan fingerprint density at radius 1 is 1.13 bits per heavy atom. The van der Waals surface area contributed by atoms with Crippen molar-refractivity contribution in [3.05, 3.63) is 35.5 Å². The van der Waals surface area contributed by atoms with E-state index in [4.69, 9.17) is 9.84 Å². The Balaban J connectivity index is 1.61. The Morgan fingerprint density at radius 2 is 1.84 bits per heavy atom. The molecule has 0 unspecified atom stereocenters. The van der Waals surface area contributed by atoms with Crippen LogP contribution in [0.3, 0.4) is 0 Å². The Bertz CT molecular complexity index is 978. The number of nitrogens with zero attached hydrogens (tertiary/aromatic N) is 3. The first-order valence-electron chi connectivity index (χ1n) is 10.9. The van der Waals surface area contributed by atoms with Gasteiger partial charge in [-0.3, -0.25) is 18.6 Å². The van der Waals surface area contributed by atoms with Crippen molar-refractivity contribution in [1.29, 1.82) is 0 Å². The topological polar surface area (TPSA) is 108 Å². The van der Waals surface area contributed by atoms with Gasteiger partial charge in [-0.1, -0.05) is 18.2 Å². The van der Waals surface area contributed by atoms with Gasteiger partial charge < -0.3 is 14.7 Å². The number of hydrogen-bond acceptors (Lipinski definition) is 6. The van der Waals surface area contributed by atoms with E-state index in [0.717, 1.165) is 36.9 Å². The van der Waals surface area contributed by atoms with Crippen LogP contribution in [-0.4, -0.2) is 67.7 Å². The van der Waals surface area contributed by atoms with Crippen LogP contribution in [-0.2, 0) is 10.5 Å². The molecule has 1 aliphatic carbocycles. The summed E-state index contributed by atoms with van der Waals surface area (Å²) in [6, 6.07) is 7.47. The van der Waals surface area contributed by atoms with Crippen LogP contribution in [0.5, 0.6) is 0 Å². The lowest BCUT2D eigenvalue weighted by Gasteiger charge is -2.38. The largest absolute Gasteiger partial charge is 0.396 e. The first-order valence-corrected chi connectivity index (χ1v) is 12.7. The molecule has 3 aliphatic rings. The smallest absolute Gasteiger partial charge is 0.274 e. The molecule has 2 fully saturated rings. The number of carbonyl (C=O) groups excluding carboxylic acids is 1. The molecule has 1 aromatic carbocycles. The molecule has 2 aromatic rings. The molecule has 0 radical (unpaired) electrons. The number of morpholine rings is 1. The summed E-state index contributed by atoms with van der Waals surface area (Å²) in [5, 5.41) is 14.3. The third-order valence-corrected chi connectivity index (χ3v) is 8.52. The average molecular weight is 448 g/mol. The molecule has 1 saturated carbocycles. The van der Waals surface area contributed by atoms with E-state index in [1.54, 1.807) is 11.0 Å². The predicted octanol–water partition coefficient (Wildman–Crippen LogP) is 3.37. The highest BCUT2D eigenvalue weighted by atomic mass is 32.3. The molecular formula is C22H29N3O5S. The second-order valence-corrected chi connectivity index (χ2v) is 10.8. The van der Waals surface area contributed by atoms with Gasteiger partial charge in [0, 0.05) is 30.8 Å². The molecule has 31 heavy (non-hydrogen) atoms. The number of carbonyl (C=O) groups is 1. The first kappa shape index (κ1) is 21.0. The van der Waals surface area contributed by atoms with Gasteiger partial charge in [-0.25, -0.2) is 0 Å². The zero-order chi connectivity index (χ0) is 21.6. The number of hydrogen-bond donors (Lipinski definition) is 3. The summed E-state index contributed by atoms with van der Waals surface area (Å²) in [6.07, 6.45) is 3.59. The van der Waals surface area contributed by atoms with Crippen molar-refractivity contribution >= 4 is 16.5 Å². The van der Waals surface area contributed by atoms with E-state index in [9.17, 15) is 19.0 Å². The van der Waals surface area contributed by atoms with E-state index in [1.807, 2.05) is 22.9 Å². The maximum absolute atomic E-state index is 13.4. The van der Waals surface area contributed by atoms with Gasteiger partial charge in [-0.15, -0.1) is 0 Å². The Morgan fingerprint density at radius 3 is 2.55 bits per heavy atom. The van der Waals surface area contributed by atoms with Crippen LogP contribution < -0.4 is 0 Å².